The quantitative estimate of drug-likeness (QED) is 0.426. The van der Waals surface area contributed by atoms with E-state index in [0.717, 1.165) is 0 Å². The largest absolute Gasteiger partial charge is 0.353 e. The number of hydrogen-bond acceptors (Lipinski definition) is 5. The summed E-state index contributed by atoms with van der Waals surface area (Å²) in [6, 6.07) is 6.11. The number of rotatable bonds is 6. The molecule has 0 fully saturated rings. The lowest BCUT2D eigenvalue weighted by atomic mass is 10.3. The molecule has 1 aromatic rings. The van der Waals surface area contributed by atoms with Crippen LogP contribution in [0, 0.1) is 0 Å². The second-order valence-corrected chi connectivity index (χ2v) is 5.92. The number of hydrogen-bond donors (Lipinski definition) is 4. The summed E-state index contributed by atoms with van der Waals surface area (Å²) >= 11 is 0. The molecule has 0 unspecified atom stereocenters. The zero-order chi connectivity index (χ0) is 14.5. The van der Waals surface area contributed by atoms with Gasteiger partial charge in [-0.1, -0.05) is 12.1 Å². The molecule has 19 heavy (non-hydrogen) atoms. The summed E-state index contributed by atoms with van der Waals surface area (Å²) in [5, 5.41) is 2.59. The number of sulfonamides is 1. The lowest BCUT2D eigenvalue weighted by Crippen LogP contribution is -2.39. The number of nitrogen functional groups attached to an aromatic ring is 1. The first-order valence-corrected chi connectivity index (χ1v) is 7.20. The van der Waals surface area contributed by atoms with Crippen LogP contribution in [0.15, 0.2) is 29.2 Å². The fourth-order valence-electron chi connectivity index (χ4n) is 1.43. The van der Waals surface area contributed by atoms with E-state index in [4.69, 9.17) is 5.84 Å². The molecule has 1 rings (SSSR count). The Morgan fingerprint density at radius 2 is 1.95 bits per heavy atom. The first-order chi connectivity index (χ1) is 8.86. The standard InChI is InChI=1S/C11H18N4O3S/c1-8(2)14-11(16)7-13-19(17,18)10-6-4-3-5-9(10)15-12/h3-6,8,13,15H,7,12H2,1-2H3,(H,14,16). The second kappa shape index (κ2) is 6.50. The number of para-hydroxylation sites is 1. The van der Waals surface area contributed by atoms with E-state index in [1.54, 1.807) is 26.0 Å². The number of amides is 1. The molecule has 106 valence electrons. The normalized spacial score (nSPS) is 11.4. The summed E-state index contributed by atoms with van der Waals surface area (Å²) in [5.74, 6) is 4.86. The monoisotopic (exact) mass is 286 g/mol. The third-order valence-corrected chi connectivity index (χ3v) is 3.66. The molecular weight excluding hydrogens is 268 g/mol. The van der Waals surface area contributed by atoms with Crippen LogP contribution in [0.1, 0.15) is 13.8 Å². The van der Waals surface area contributed by atoms with Crippen molar-refractivity contribution in [2.45, 2.75) is 24.8 Å². The van der Waals surface area contributed by atoms with Crippen LogP contribution in [0.2, 0.25) is 0 Å². The van der Waals surface area contributed by atoms with Gasteiger partial charge in [0.15, 0.2) is 0 Å². The Kier molecular flexibility index (Phi) is 5.28. The number of nitrogens with two attached hydrogens (primary N) is 1. The van der Waals surface area contributed by atoms with Gasteiger partial charge in [0.05, 0.1) is 12.2 Å². The van der Waals surface area contributed by atoms with Gasteiger partial charge >= 0.3 is 0 Å². The SMILES string of the molecule is CC(C)NC(=O)CNS(=O)(=O)c1ccccc1NN. The molecule has 7 nitrogen and oxygen atoms in total. The summed E-state index contributed by atoms with van der Waals surface area (Å²) in [6.45, 7) is 3.26. The zero-order valence-electron chi connectivity index (χ0n) is 10.8. The molecule has 0 saturated carbocycles. The van der Waals surface area contributed by atoms with E-state index in [0.29, 0.717) is 0 Å². The van der Waals surface area contributed by atoms with Gasteiger partial charge < -0.3 is 10.7 Å². The Balaban J connectivity index is 2.79. The molecule has 0 spiro atoms. The highest BCUT2D eigenvalue weighted by molar-refractivity contribution is 7.89. The predicted molar refractivity (Wildman–Crippen MR) is 72.7 cm³/mol. The molecule has 0 radical (unpaired) electrons. The Hall–Kier alpha value is -1.64. The summed E-state index contributed by atoms with van der Waals surface area (Å²) in [5.41, 5.74) is 2.57. The van der Waals surface area contributed by atoms with E-state index in [2.05, 4.69) is 15.5 Å². The third kappa shape index (κ3) is 4.51. The van der Waals surface area contributed by atoms with Gasteiger partial charge in [0.25, 0.3) is 0 Å². The number of benzene rings is 1. The number of hydrazine groups is 1. The Morgan fingerprint density at radius 3 is 2.53 bits per heavy atom. The molecule has 0 saturated heterocycles. The van der Waals surface area contributed by atoms with Crippen molar-refractivity contribution >= 4 is 21.6 Å². The molecule has 0 aliphatic rings. The van der Waals surface area contributed by atoms with E-state index >= 15 is 0 Å². The summed E-state index contributed by atoms with van der Waals surface area (Å²) in [7, 11) is -3.79. The van der Waals surface area contributed by atoms with E-state index in [1.807, 2.05) is 0 Å². The zero-order valence-corrected chi connectivity index (χ0v) is 11.6. The Bertz CT molecular complexity index is 543. The highest BCUT2D eigenvalue weighted by Gasteiger charge is 2.18. The number of anilines is 1. The molecule has 0 aromatic heterocycles. The number of nitrogens with one attached hydrogen (secondary N) is 3. The molecule has 0 aliphatic heterocycles. The average Bonchev–Trinajstić information content (AvgIpc) is 2.36. The van der Waals surface area contributed by atoms with Gasteiger partial charge in [-0.05, 0) is 26.0 Å². The fourth-order valence-corrected chi connectivity index (χ4v) is 2.58. The van der Waals surface area contributed by atoms with Crippen LogP contribution < -0.4 is 21.3 Å². The number of carbonyl (C=O) groups excluding carboxylic acids is 1. The minimum atomic E-state index is -3.79. The Morgan fingerprint density at radius 1 is 1.32 bits per heavy atom. The maximum atomic E-state index is 12.0. The van der Waals surface area contributed by atoms with Crippen LogP contribution in [0.5, 0.6) is 0 Å². The highest BCUT2D eigenvalue weighted by atomic mass is 32.2. The van der Waals surface area contributed by atoms with Crippen molar-refractivity contribution in [1.82, 2.24) is 10.0 Å². The van der Waals surface area contributed by atoms with Gasteiger partial charge in [-0.15, -0.1) is 0 Å². The van der Waals surface area contributed by atoms with Gasteiger partial charge in [-0.25, -0.2) is 13.1 Å². The van der Waals surface area contributed by atoms with Gasteiger partial charge in [0.1, 0.15) is 4.90 Å². The van der Waals surface area contributed by atoms with Gasteiger partial charge in [0.2, 0.25) is 15.9 Å². The first kappa shape index (κ1) is 15.4. The fraction of sp³-hybridized carbons (Fsp3) is 0.364. The molecular formula is C11H18N4O3S. The maximum absolute atomic E-state index is 12.0. The third-order valence-electron chi connectivity index (χ3n) is 2.20. The molecule has 1 aromatic carbocycles. The minimum absolute atomic E-state index is 0.00477. The van der Waals surface area contributed by atoms with Crippen LogP contribution in [0.25, 0.3) is 0 Å². The molecule has 0 atom stereocenters. The number of carbonyl (C=O) groups is 1. The van der Waals surface area contributed by atoms with Crippen molar-refractivity contribution in [3.8, 4) is 0 Å². The summed E-state index contributed by atoms with van der Waals surface area (Å²) < 4.78 is 26.3. The van der Waals surface area contributed by atoms with Crippen LogP contribution >= 0.6 is 0 Å². The molecule has 1 amide bonds. The molecule has 5 N–H and O–H groups in total. The molecule has 8 heteroatoms. The smallest absolute Gasteiger partial charge is 0.243 e. The lowest BCUT2D eigenvalue weighted by Gasteiger charge is -2.12. The molecule has 0 heterocycles. The summed E-state index contributed by atoms with van der Waals surface area (Å²) in [6.07, 6.45) is 0. The second-order valence-electron chi connectivity index (χ2n) is 4.19. The van der Waals surface area contributed by atoms with Crippen molar-refractivity contribution in [3.63, 3.8) is 0 Å². The van der Waals surface area contributed by atoms with Gasteiger partial charge in [-0.2, -0.15) is 0 Å². The topological polar surface area (TPSA) is 113 Å². The van der Waals surface area contributed by atoms with Crippen LogP contribution in [0.4, 0.5) is 5.69 Å². The van der Waals surface area contributed by atoms with E-state index in [9.17, 15) is 13.2 Å². The molecule has 0 bridgehead atoms. The van der Waals surface area contributed by atoms with E-state index < -0.39 is 15.9 Å². The maximum Gasteiger partial charge on any atom is 0.243 e. The van der Waals surface area contributed by atoms with Gasteiger partial charge in [-0.3, -0.25) is 10.6 Å². The van der Waals surface area contributed by atoms with Crippen LogP contribution in [-0.4, -0.2) is 26.9 Å². The van der Waals surface area contributed by atoms with Gasteiger partial charge in [0, 0.05) is 6.04 Å². The van der Waals surface area contributed by atoms with Crippen molar-refractivity contribution in [3.05, 3.63) is 24.3 Å². The summed E-state index contributed by atoms with van der Waals surface area (Å²) in [4.78, 5) is 11.4. The van der Waals surface area contributed by atoms with Crippen LogP contribution in [0.3, 0.4) is 0 Å². The first-order valence-electron chi connectivity index (χ1n) is 5.71. The van der Waals surface area contributed by atoms with Crippen molar-refractivity contribution in [2.75, 3.05) is 12.0 Å². The van der Waals surface area contributed by atoms with Crippen LogP contribution in [-0.2, 0) is 14.8 Å². The lowest BCUT2D eigenvalue weighted by molar-refractivity contribution is -0.120. The highest BCUT2D eigenvalue weighted by Crippen LogP contribution is 2.18. The van der Waals surface area contributed by atoms with Crippen molar-refractivity contribution in [2.24, 2.45) is 5.84 Å². The van der Waals surface area contributed by atoms with Crippen molar-refractivity contribution < 1.29 is 13.2 Å². The molecule has 0 aliphatic carbocycles. The minimum Gasteiger partial charge on any atom is -0.353 e. The van der Waals surface area contributed by atoms with E-state index in [-0.39, 0.29) is 23.2 Å². The average molecular weight is 286 g/mol. The van der Waals surface area contributed by atoms with E-state index in [1.165, 1.54) is 12.1 Å². The Labute approximate surface area is 112 Å². The van der Waals surface area contributed by atoms with Crippen molar-refractivity contribution in [1.29, 1.82) is 0 Å². The predicted octanol–water partition coefficient (Wildman–Crippen LogP) is -0.225.